The highest BCUT2D eigenvalue weighted by Gasteiger charge is 2.19. The zero-order chi connectivity index (χ0) is 19.6. The second-order valence-electron chi connectivity index (χ2n) is 5.98. The van der Waals surface area contributed by atoms with E-state index in [-0.39, 0.29) is 29.3 Å². The number of carbonyl (C=O) groups excluding carboxylic acids is 2. The molecule has 0 atom stereocenters. The fourth-order valence-corrected chi connectivity index (χ4v) is 4.45. The maximum atomic E-state index is 12.0. The molecule has 1 aromatic heterocycles. The van der Waals surface area contributed by atoms with Crippen molar-refractivity contribution in [2.45, 2.75) is 45.3 Å². The quantitative estimate of drug-likeness (QED) is 0.307. The zero-order valence-corrected chi connectivity index (χ0v) is 17.6. The highest BCUT2D eigenvalue weighted by Crippen LogP contribution is 2.36. The van der Waals surface area contributed by atoms with Crippen LogP contribution >= 0.6 is 21.6 Å². The van der Waals surface area contributed by atoms with Crippen molar-refractivity contribution in [3.63, 3.8) is 0 Å². The van der Waals surface area contributed by atoms with Gasteiger partial charge in [0, 0.05) is 16.9 Å². The number of pyridine rings is 1. The van der Waals surface area contributed by atoms with Crippen LogP contribution in [0.5, 0.6) is 5.75 Å². The molecule has 0 saturated carbocycles. The molecule has 0 aliphatic rings. The van der Waals surface area contributed by atoms with Crippen molar-refractivity contribution in [2.75, 3.05) is 26.1 Å². The summed E-state index contributed by atoms with van der Waals surface area (Å²) in [6.07, 6.45) is 3.90. The molecule has 8 heteroatoms. The highest BCUT2D eigenvalue weighted by atomic mass is 33.1. The summed E-state index contributed by atoms with van der Waals surface area (Å²) in [5.74, 6) is -0.788. The Morgan fingerprint density at radius 3 is 2.08 bits per heavy atom. The molecule has 6 nitrogen and oxygen atoms in total. The Morgan fingerprint density at radius 2 is 1.62 bits per heavy atom. The first-order valence-electron chi connectivity index (χ1n) is 8.54. The van der Waals surface area contributed by atoms with Crippen molar-refractivity contribution in [1.29, 1.82) is 0 Å². The van der Waals surface area contributed by atoms with E-state index in [2.05, 4.69) is 25.1 Å². The summed E-state index contributed by atoms with van der Waals surface area (Å²) in [6, 6.07) is 2.98. The third kappa shape index (κ3) is 7.86. The average molecular weight is 402 g/mol. The van der Waals surface area contributed by atoms with E-state index >= 15 is 0 Å². The van der Waals surface area contributed by atoms with Crippen molar-refractivity contribution < 1.29 is 23.8 Å². The maximum Gasteiger partial charge on any atom is 0.357 e. The molecule has 0 fully saturated rings. The molecule has 1 rings (SSSR count). The second-order valence-corrected chi connectivity index (χ2v) is 9.08. The van der Waals surface area contributed by atoms with E-state index in [4.69, 9.17) is 14.2 Å². The molecule has 0 spiro atoms. The normalized spacial score (nSPS) is 11.1. The lowest BCUT2D eigenvalue weighted by molar-refractivity contribution is 0.0510. The third-order valence-electron chi connectivity index (χ3n) is 3.27. The predicted octanol–water partition coefficient (Wildman–Crippen LogP) is 4.38. The average Bonchev–Trinajstić information content (AvgIpc) is 2.59. The van der Waals surface area contributed by atoms with Crippen molar-refractivity contribution in [3.8, 4) is 5.75 Å². The summed E-state index contributed by atoms with van der Waals surface area (Å²) >= 11 is 0. The van der Waals surface area contributed by atoms with Crippen LogP contribution in [0.2, 0.25) is 0 Å². The number of ether oxygens (including phenoxy) is 3. The SMILES string of the molecule is CCOC(=O)c1cc(OCCCC(C)(C)SSC)cc(C(=O)OCC)n1. The van der Waals surface area contributed by atoms with Crippen molar-refractivity contribution in [3.05, 3.63) is 23.5 Å². The van der Waals surface area contributed by atoms with Crippen molar-refractivity contribution in [1.82, 2.24) is 4.98 Å². The molecule has 146 valence electrons. The molecule has 0 aliphatic carbocycles. The van der Waals surface area contributed by atoms with Crippen LogP contribution in [0.1, 0.15) is 61.5 Å². The van der Waals surface area contributed by atoms with Gasteiger partial charge in [0.25, 0.3) is 0 Å². The minimum Gasteiger partial charge on any atom is -0.493 e. The van der Waals surface area contributed by atoms with Crippen LogP contribution in [0.25, 0.3) is 0 Å². The van der Waals surface area contributed by atoms with Gasteiger partial charge < -0.3 is 14.2 Å². The van der Waals surface area contributed by atoms with Crippen LogP contribution in [0, 0.1) is 0 Å². The maximum absolute atomic E-state index is 12.0. The van der Waals surface area contributed by atoms with Gasteiger partial charge in [-0.3, -0.25) is 0 Å². The first-order valence-corrected chi connectivity index (χ1v) is 11.1. The number of hydrogen-bond donors (Lipinski definition) is 0. The molecule has 0 N–H and O–H groups in total. The summed E-state index contributed by atoms with van der Waals surface area (Å²) in [5, 5.41) is 0. The topological polar surface area (TPSA) is 74.7 Å². The Kier molecular flexibility index (Phi) is 9.87. The second kappa shape index (κ2) is 11.3. The van der Waals surface area contributed by atoms with E-state index in [1.165, 1.54) is 12.1 Å². The Morgan fingerprint density at radius 1 is 1.08 bits per heavy atom. The molecule has 1 aromatic rings. The number of carbonyl (C=O) groups is 2. The summed E-state index contributed by atoms with van der Waals surface area (Å²) in [4.78, 5) is 28.0. The third-order valence-corrected chi connectivity index (χ3v) is 5.94. The molecule has 0 amide bonds. The van der Waals surface area contributed by atoms with Gasteiger partial charge in [-0.2, -0.15) is 0 Å². The van der Waals surface area contributed by atoms with E-state index in [1.807, 2.05) is 10.8 Å². The summed E-state index contributed by atoms with van der Waals surface area (Å²) in [7, 11) is 3.58. The number of esters is 2. The Labute approximate surface area is 163 Å². The van der Waals surface area contributed by atoms with E-state index in [0.717, 1.165) is 12.8 Å². The van der Waals surface area contributed by atoms with Crippen LogP contribution in [0.4, 0.5) is 0 Å². The standard InChI is InChI=1S/C18H27NO5S2/c1-6-22-16(20)14-11-13(12-15(19-14)17(21)23-7-2)24-10-8-9-18(3,4)26-25-5/h11-12H,6-10H2,1-5H3. The minimum atomic E-state index is -0.596. The van der Waals surface area contributed by atoms with Gasteiger partial charge in [-0.25, -0.2) is 14.6 Å². The Bertz CT molecular complexity index is 571. The summed E-state index contributed by atoms with van der Waals surface area (Å²) in [5.41, 5.74) is 0.0661. The van der Waals surface area contributed by atoms with E-state index in [1.54, 1.807) is 24.6 Å². The van der Waals surface area contributed by atoms with Gasteiger partial charge in [0.15, 0.2) is 11.4 Å². The predicted molar refractivity (Wildman–Crippen MR) is 106 cm³/mol. The van der Waals surface area contributed by atoms with Crippen LogP contribution in [0.15, 0.2) is 12.1 Å². The van der Waals surface area contributed by atoms with Crippen molar-refractivity contribution in [2.24, 2.45) is 0 Å². The van der Waals surface area contributed by atoms with Crippen LogP contribution in [0.3, 0.4) is 0 Å². The lowest BCUT2D eigenvalue weighted by Crippen LogP contribution is -2.15. The van der Waals surface area contributed by atoms with E-state index in [0.29, 0.717) is 12.4 Å². The van der Waals surface area contributed by atoms with Crippen LogP contribution in [-0.4, -0.2) is 47.7 Å². The number of aromatic nitrogens is 1. The lowest BCUT2D eigenvalue weighted by atomic mass is 10.1. The van der Waals surface area contributed by atoms with Gasteiger partial charge in [-0.15, -0.1) is 0 Å². The molecule has 0 aliphatic heterocycles. The molecule has 0 saturated heterocycles. The molecule has 0 bridgehead atoms. The molecule has 26 heavy (non-hydrogen) atoms. The van der Waals surface area contributed by atoms with Crippen LogP contribution in [-0.2, 0) is 9.47 Å². The first kappa shape index (κ1) is 22.6. The summed E-state index contributed by atoms with van der Waals surface area (Å²) < 4.78 is 15.8. The fourth-order valence-electron chi connectivity index (χ4n) is 2.16. The van der Waals surface area contributed by atoms with Crippen molar-refractivity contribution >= 4 is 33.5 Å². The van der Waals surface area contributed by atoms with Crippen LogP contribution < -0.4 is 4.74 Å². The van der Waals surface area contributed by atoms with Gasteiger partial charge in [-0.1, -0.05) is 21.6 Å². The monoisotopic (exact) mass is 401 g/mol. The zero-order valence-electron chi connectivity index (χ0n) is 16.0. The summed E-state index contributed by atoms with van der Waals surface area (Å²) in [6.45, 7) is 8.73. The number of rotatable bonds is 11. The molecular formula is C18H27NO5S2. The lowest BCUT2D eigenvalue weighted by Gasteiger charge is -2.22. The molecule has 0 unspecified atom stereocenters. The number of hydrogen-bond acceptors (Lipinski definition) is 8. The fraction of sp³-hybridized carbons (Fsp3) is 0.611. The Balaban J connectivity index is 2.82. The number of nitrogens with zero attached hydrogens (tertiary/aromatic N) is 1. The van der Waals surface area contributed by atoms with Gasteiger partial charge in [0.2, 0.25) is 0 Å². The first-order chi connectivity index (χ1) is 12.3. The van der Waals surface area contributed by atoms with E-state index < -0.39 is 11.9 Å². The Hall–Kier alpha value is -1.41. The largest absolute Gasteiger partial charge is 0.493 e. The van der Waals surface area contributed by atoms with Gasteiger partial charge in [-0.05, 0) is 46.8 Å². The molecule has 0 aromatic carbocycles. The molecular weight excluding hydrogens is 374 g/mol. The molecule has 1 heterocycles. The van der Waals surface area contributed by atoms with Gasteiger partial charge in [0.05, 0.1) is 19.8 Å². The minimum absolute atomic E-state index is 0.0330. The highest BCUT2D eigenvalue weighted by molar-refractivity contribution is 8.76. The van der Waals surface area contributed by atoms with E-state index in [9.17, 15) is 9.59 Å². The van der Waals surface area contributed by atoms with Gasteiger partial charge in [0.1, 0.15) is 5.75 Å². The smallest absolute Gasteiger partial charge is 0.357 e. The molecule has 0 radical (unpaired) electrons. The van der Waals surface area contributed by atoms with Gasteiger partial charge >= 0.3 is 11.9 Å².